The second-order valence-electron chi connectivity index (χ2n) is 3.01. The van der Waals surface area contributed by atoms with E-state index in [1.54, 1.807) is 4.68 Å². The molecule has 5 heteroatoms. The molecule has 0 atom stereocenters. The summed E-state index contributed by atoms with van der Waals surface area (Å²) in [5.41, 5.74) is 1.58. The van der Waals surface area contributed by atoms with Gasteiger partial charge in [-0.15, -0.1) is 0 Å². The fourth-order valence-electron chi connectivity index (χ4n) is 1.25. The van der Waals surface area contributed by atoms with Gasteiger partial charge in [0.2, 0.25) is 0 Å². The van der Waals surface area contributed by atoms with E-state index < -0.39 is 0 Å². The van der Waals surface area contributed by atoms with Crippen molar-refractivity contribution in [2.75, 3.05) is 0 Å². The highest BCUT2D eigenvalue weighted by atomic mass is 79.9. The summed E-state index contributed by atoms with van der Waals surface area (Å²) in [6.07, 6.45) is 1.83. The molecule has 0 saturated heterocycles. The third kappa shape index (κ3) is 2.30. The predicted molar refractivity (Wildman–Crippen MR) is 64.9 cm³/mol. The lowest BCUT2D eigenvalue weighted by molar-refractivity contribution is 0.275. The summed E-state index contributed by atoms with van der Waals surface area (Å²) in [4.78, 5) is 0. The molecule has 0 unspecified atom stereocenters. The van der Waals surface area contributed by atoms with Crippen LogP contribution >= 0.6 is 31.9 Å². The van der Waals surface area contributed by atoms with Crippen molar-refractivity contribution in [2.45, 2.75) is 6.61 Å². The maximum Gasteiger partial charge on any atom is 0.102 e. The Hall–Kier alpha value is -0.650. The van der Waals surface area contributed by atoms with Crippen LogP contribution in [0.4, 0.5) is 0 Å². The Balaban J connectivity index is 2.45. The lowest BCUT2D eigenvalue weighted by Crippen LogP contribution is -1.95. The van der Waals surface area contributed by atoms with Crippen LogP contribution in [0.15, 0.2) is 39.4 Å². The molecule has 0 aliphatic carbocycles. The molecule has 0 saturated carbocycles. The first-order chi connectivity index (χ1) is 7.20. The van der Waals surface area contributed by atoms with E-state index in [9.17, 15) is 0 Å². The number of aromatic nitrogens is 2. The SMILES string of the molecule is OCc1nn(-c2cccc(Br)c2)cc1Br. The Bertz CT molecular complexity index is 482. The quantitative estimate of drug-likeness (QED) is 0.918. The first-order valence-corrected chi connectivity index (χ1v) is 5.90. The van der Waals surface area contributed by atoms with Gasteiger partial charge in [0.1, 0.15) is 5.69 Å². The number of nitrogens with zero attached hydrogens (tertiary/aromatic N) is 2. The number of hydrogen-bond donors (Lipinski definition) is 1. The zero-order chi connectivity index (χ0) is 10.8. The monoisotopic (exact) mass is 330 g/mol. The smallest absolute Gasteiger partial charge is 0.102 e. The van der Waals surface area contributed by atoms with Gasteiger partial charge in [-0.3, -0.25) is 0 Å². The largest absolute Gasteiger partial charge is 0.390 e. The summed E-state index contributed by atoms with van der Waals surface area (Å²) < 4.78 is 3.53. The van der Waals surface area contributed by atoms with Crippen LogP contribution in [-0.2, 0) is 6.61 Å². The van der Waals surface area contributed by atoms with Crippen molar-refractivity contribution in [3.05, 3.63) is 45.1 Å². The van der Waals surface area contributed by atoms with Crippen LogP contribution in [0.1, 0.15) is 5.69 Å². The number of aliphatic hydroxyl groups excluding tert-OH is 1. The molecule has 0 fully saturated rings. The van der Waals surface area contributed by atoms with Crippen LogP contribution in [0, 0.1) is 0 Å². The molecule has 1 heterocycles. The number of benzene rings is 1. The predicted octanol–water partition coefficient (Wildman–Crippen LogP) is 2.89. The molecule has 78 valence electrons. The van der Waals surface area contributed by atoms with Crippen LogP contribution in [0.5, 0.6) is 0 Å². The van der Waals surface area contributed by atoms with Gasteiger partial charge in [-0.25, -0.2) is 4.68 Å². The number of rotatable bonds is 2. The Morgan fingerprint density at radius 2 is 2.13 bits per heavy atom. The minimum atomic E-state index is -0.0679. The van der Waals surface area contributed by atoms with Crippen LogP contribution < -0.4 is 0 Å². The Morgan fingerprint density at radius 1 is 1.33 bits per heavy atom. The molecule has 2 aromatic rings. The van der Waals surface area contributed by atoms with E-state index in [4.69, 9.17) is 5.11 Å². The third-order valence-corrected chi connectivity index (χ3v) is 3.12. The van der Waals surface area contributed by atoms with Crippen LogP contribution in [0.2, 0.25) is 0 Å². The summed E-state index contributed by atoms with van der Waals surface area (Å²) in [6.45, 7) is -0.0679. The first kappa shape index (κ1) is 10.9. The minimum absolute atomic E-state index is 0.0679. The van der Waals surface area contributed by atoms with Gasteiger partial charge in [-0.05, 0) is 34.1 Å². The Labute approximate surface area is 104 Å². The Kier molecular flexibility index (Phi) is 3.23. The number of halogens is 2. The fourth-order valence-corrected chi connectivity index (χ4v) is 2.03. The molecule has 0 amide bonds. The molecule has 0 radical (unpaired) electrons. The van der Waals surface area contributed by atoms with E-state index in [1.807, 2.05) is 30.5 Å². The average Bonchev–Trinajstić information content (AvgIpc) is 2.60. The lowest BCUT2D eigenvalue weighted by atomic mass is 10.3. The van der Waals surface area contributed by atoms with Gasteiger partial charge >= 0.3 is 0 Å². The van der Waals surface area contributed by atoms with E-state index in [1.165, 1.54) is 0 Å². The lowest BCUT2D eigenvalue weighted by Gasteiger charge is -2.00. The van der Waals surface area contributed by atoms with Crippen molar-refractivity contribution < 1.29 is 5.11 Å². The summed E-state index contributed by atoms with van der Waals surface area (Å²) >= 11 is 6.74. The summed E-state index contributed by atoms with van der Waals surface area (Å²) in [7, 11) is 0. The highest BCUT2D eigenvalue weighted by Gasteiger charge is 2.06. The summed E-state index contributed by atoms with van der Waals surface area (Å²) in [6, 6.07) is 7.80. The van der Waals surface area contributed by atoms with E-state index in [-0.39, 0.29) is 6.61 Å². The van der Waals surface area contributed by atoms with Crippen LogP contribution in [0.25, 0.3) is 5.69 Å². The highest BCUT2D eigenvalue weighted by molar-refractivity contribution is 9.10. The van der Waals surface area contributed by atoms with Gasteiger partial charge in [0.05, 0.1) is 16.8 Å². The molecular formula is C10H8Br2N2O. The maximum absolute atomic E-state index is 9.02. The van der Waals surface area contributed by atoms with Gasteiger partial charge in [0.25, 0.3) is 0 Å². The van der Waals surface area contributed by atoms with Crippen molar-refractivity contribution in [1.82, 2.24) is 9.78 Å². The normalized spacial score (nSPS) is 10.6. The molecule has 1 N–H and O–H groups in total. The van der Waals surface area contributed by atoms with Crippen LogP contribution in [0.3, 0.4) is 0 Å². The molecule has 0 spiro atoms. The molecule has 0 aliphatic rings. The maximum atomic E-state index is 9.02. The zero-order valence-corrected chi connectivity index (χ0v) is 10.9. The van der Waals surface area contributed by atoms with Crippen molar-refractivity contribution in [2.24, 2.45) is 0 Å². The second kappa shape index (κ2) is 4.47. The first-order valence-electron chi connectivity index (χ1n) is 4.31. The van der Waals surface area contributed by atoms with Gasteiger partial charge in [0, 0.05) is 10.7 Å². The number of aliphatic hydroxyl groups is 1. The zero-order valence-electron chi connectivity index (χ0n) is 7.69. The van der Waals surface area contributed by atoms with E-state index in [2.05, 4.69) is 37.0 Å². The van der Waals surface area contributed by atoms with Gasteiger partial charge < -0.3 is 5.11 Å². The molecule has 0 bridgehead atoms. The van der Waals surface area contributed by atoms with E-state index >= 15 is 0 Å². The average molecular weight is 332 g/mol. The van der Waals surface area contributed by atoms with Crippen molar-refractivity contribution in [1.29, 1.82) is 0 Å². The van der Waals surface area contributed by atoms with Crippen LogP contribution in [-0.4, -0.2) is 14.9 Å². The fraction of sp³-hybridized carbons (Fsp3) is 0.100. The molecule has 0 aliphatic heterocycles. The number of hydrogen-bond acceptors (Lipinski definition) is 2. The standard InChI is InChI=1S/C10H8Br2N2O/c11-7-2-1-3-8(4-7)14-5-9(12)10(6-15)13-14/h1-5,15H,6H2. The molecule has 2 rings (SSSR count). The Morgan fingerprint density at radius 3 is 2.73 bits per heavy atom. The molecular weight excluding hydrogens is 324 g/mol. The van der Waals surface area contributed by atoms with Gasteiger partial charge in [-0.2, -0.15) is 5.10 Å². The van der Waals surface area contributed by atoms with E-state index in [0.717, 1.165) is 14.6 Å². The summed E-state index contributed by atoms with van der Waals surface area (Å²) in [5, 5.41) is 13.3. The van der Waals surface area contributed by atoms with Crippen molar-refractivity contribution >= 4 is 31.9 Å². The summed E-state index contributed by atoms with van der Waals surface area (Å²) in [5.74, 6) is 0. The molecule has 1 aromatic carbocycles. The minimum Gasteiger partial charge on any atom is -0.390 e. The van der Waals surface area contributed by atoms with Crippen molar-refractivity contribution in [3.63, 3.8) is 0 Å². The second-order valence-corrected chi connectivity index (χ2v) is 4.78. The van der Waals surface area contributed by atoms with Gasteiger partial charge in [-0.1, -0.05) is 22.0 Å². The topological polar surface area (TPSA) is 38.1 Å². The molecule has 3 nitrogen and oxygen atoms in total. The molecule has 1 aromatic heterocycles. The third-order valence-electron chi connectivity index (χ3n) is 1.96. The van der Waals surface area contributed by atoms with Gasteiger partial charge in [0.15, 0.2) is 0 Å². The highest BCUT2D eigenvalue weighted by Crippen LogP contribution is 2.20. The van der Waals surface area contributed by atoms with Crippen molar-refractivity contribution in [3.8, 4) is 5.69 Å². The van der Waals surface area contributed by atoms with E-state index in [0.29, 0.717) is 5.69 Å². The molecule has 15 heavy (non-hydrogen) atoms.